The van der Waals surface area contributed by atoms with Crippen molar-refractivity contribution in [2.45, 2.75) is 17.0 Å². The minimum Gasteiger partial charge on any atom is -0.461 e. The Morgan fingerprint density at radius 2 is 2.03 bits per heavy atom. The summed E-state index contributed by atoms with van der Waals surface area (Å²) in [6.07, 6.45) is 1.55. The van der Waals surface area contributed by atoms with Crippen molar-refractivity contribution in [3.05, 3.63) is 42.2 Å². The molecule has 0 aliphatic heterocycles. The number of carbonyl (C=O) groups is 1. The van der Waals surface area contributed by atoms with E-state index in [9.17, 15) is 13.2 Å². The SMILES string of the molecule is Cc1ccc(NC(=O)CSc2nnc(-c3ccco3)n2C)cc1S(=O)(=O)N(C)C. The predicted octanol–water partition coefficient (Wildman–Crippen LogP) is 2.36. The number of thioether (sulfide) groups is 1. The standard InChI is InChI=1S/C18H21N5O4S2/c1-12-7-8-13(10-15(12)29(25,26)22(2)3)19-16(24)11-28-18-21-20-17(23(18)4)14-6-5-9-27-14/h5-10H,11H2,1-4H3,(H,19,24). The first-order chi connectivity index (χ1) is 13.7. The number of anilines is 1. The van der Waals surface area contributed by atoms with Crippen LogP contribution in [0, 0.1) is 6.92 Å². The van der Waals surface area contributed by atoms with Crippen LogP contribution < -0.4 is 5.32 Å². The molecule has 154 valence electrons. The van der Waals surface area contributed by atoms with Gasteiger partial charge in [0.1, 0.15) is 0 Å². The number of hydrogen-bond acceptors (Lipinski definition) is 7. The van der Waals surface area contributed by atoms with Crippen LogP contribution in [-0.4, -0.2) is 53.2 Å². The first-order valence-corrected chi connectivity index (χ1v) is 11.0. The molecule has 0 saturated carbocycles. The van der Waals surface area contributed by atoms with E-state index in [-0.39, 0.29) is 16.6 Å². The van der Waals surface area contributed by atoms with Crippen molar-refractivity contribution in [1.82, 2.24) is 19.1 Å². The molecule has 0 spiro atoms. The summed E-state index contributed by atoms with van der Waals surface area (Å²) in [5.74, 6) is 0.962. The number of rotatable bonds is 7. The normalized spacial score (nSPS) is 11.8. The monoisotopic (exact) mass is 435 g/mol. The lowest BCUT2D eigenvalue weighted by molar-refractivity contribution is -0.113. The van der Waals surface area contributed by atoms with Crippen LogP contribution in [0.3, 0.4) is 0 Å². The van der Waals surface area contributed by atoms with Crippen molar-refractivity contribution < 1.29 is 17.6 Å². The number of nitrogens with one attached hydrogen (secondary N) is 1. The molecule has 0 aliphatic rings. The molecule has 0 unspecified atom stereocenters. The van der Waals surface area contributed by atoms with E-state index in [1.165, 1.54) is 31.9 Å². The molecule has 1 N–H and O–H groups in total. The van der Waals surface area contributed by atoms with Gasteiger partial charge in [-0.25, -0.2) is 12.7 Å². The van der Waals surface area contributed by atoms with Gasteiger partial charge in [0.25, 0.3) is 0 Å². The van der Waals surface area contributed by atoms with Crippen molar-refractivity contribution in [1.29, 1.82) is 0 Å². The van der Waals surface area contributed by atoms with Crippen LogP contribution in [-0.2, 0) is 21.9 Å². The molecular weight excluding hydrogens is 414 g/mol. The third-order valence-electron chi connectivity index (χ3n) is 4.14. The Kier molecular flexibility index (Phi) is 6.10. The Hall–Kier alpha value is -2.63. The van der Waals surface area contributed by atoms with Crippen molar-refractivity contribution in [2.75, 3.05) is 25.2 Å². The van der Waals surface area contributed by atoms with E-state index in [0.717, 1.165) is 4.31 Å². The summed E-state index contributed by atoms with van der Waals surface area (Å²) >= 11 is 1.22. The van der Waals surface area contributed by atoms with Crippen LogP contribution in [0.2, 0.25) is 0 Å². The molecule has 2 heterocycles. The van der Waals surface area contributed by atoms with E-state index in [0.29, 0.717) is 28.0 Å². The van der Waals surface area contributed by atoms with E-state index in [1.807, 2.05) is 0 Å². The number of hydrogen-bond donors (Lipinski definition) is 1. The number of nitrogens with zero attached hydrogens (tertiary/aromatic N) is 4. The fourth-order valence-electron chi connectivity index (χ4n) is 2.54. The number of carbonyl (C=O) groups excluding carboxylic acids is 1. The summed E-state index contributed by atoms with van der Waals surface area (Å²) in [4.78, 5) is 12.5. The Balaban J connectivity index is 1.68. The summed E-state index contributed by atoms with van der Waals surface area (Å²) in [5, 5.41) is 11.4. The molecule has 9 nitrogen and oxygen atoms in total. The topological polar surface area (TPSA) is 110 Å². The lowest BCUT2D eigenvalue weighted by atomic mass is 10.2. The number of furan rings is 1. The quantitative estimate of drug-likeness (QED) is 0.567. The summed E-state index contributed by atoms with van der Waals surface area (Å²) in [5.41, 5.74) is 1.02. The zero-order chi connectivity index (χ0) is 21.2. The second kappa shape index (κ2) is 8.39. The van der Waals surface area contributed by atoms with Gasteiger partial charge >= 0.3 is 0 Å². The summed E-state index contributed by atoms with van der Waals surface area (Å²) in [7, 11) is 1.12. The Labute approximate surface area is 173 Å². The maximum absolute atomic E-state index is 12.4. The van der Waals surface area contributed by atoms with Gasteiger partial charge in [0.15, 0.2) is 16.7 Å². The van der Waals surface area contributed by atoms with Gasteiger partial charge in [-0.05, 0) is 36.8 Å². The highest BCUT2D eigenvalue weighted by molar-refractivity contribution is 7.99. The molecule has 0 bridgehead atoms. The molecule has 1 aromatic carbocycles. The van der Waals surface area contributed by atoms with Gasteiger partial charge in [-0.1, -0.05) is 17.8 Å². The third-order valence-corrected chi connectivity index (χ3v) is 7.12. The second-order valence-electron chi connectivity index (χ2n) is 6.45. The molecule has 29 heavy (non-hydrogen) atoms. The van der Waals surface area contributed by atoms with Crippen LogP contribution in [0.1, 0.15) is 5.56 Å². The minimum atomic E-state index is -3.60. The lowest BCUT2D eigenvalue weighted by Gasteiger charge is -2.15. The zero-order valence-electron chi connectivity index (χ0n) is 16.4. The lowest BCUT2D eigenvalue weighted by Crippen LogP contribution is -2.23. The van der Waals surface area contributed by atoms with E-state index >= 15 is 0 Å². The van der Waals surface area contributed by atoms with E-state index in [2.05, 4.69) is 15.5 Å². The van der Waals surface area contributed by atoms with Gasteiger partial charge in [-0.3, -0.25) is 4.79 Å². The van der Waals surface area contributed by atoms with Crippen LogP contribution >= 0.6 is 11.8 Å². The molecule has 3 rings (SSSR count). The van der Waals surface area contributed by atoms with Gasteiger partial charge in [0, 0.05) is 26.8 Å². The molecule has 0 fully saturated rings. The molecule has 2 aromatic heterocycles. The van der Waals surface area contributed by atoms with Crippen LogP contribution in [0.5, 0.6) is 0 Å². The molecule has 3 aromatic rings. The minimum absolute atomic E-state index is 0.0910. The number of amides is 1. The predicted molar refractivity (Wildman–Crippen MR) is 110 cm³/mol. The number of benzene rings is 1. The highest BCUT2D eigenvalue weighted by Gasteiger charge is 2.20. The van der Waals surface area contributed by atoms with Crippen LogP contribution in [0.15, 0.2) is 51.1 Å². The maximum atomic E-state index is 12.4. The number of aromatic nitrogens is 3. The van der Waals surface area contributed by atoms with Crippen LogP contribution in [0.4, 0.5) is 5.69 Å². The number of aryl methyl sites for hydroxylation is 1. The Morgan fingerprint density at radius 3 is 2.69 bits per heavy atom. The van der Waals surface area contributed by atoms with Crippen molar-refractivity contribution in [3.63, 3.8) is 0 Å². The second-order valence-corrected chi connectivity index (χ2v) is 9.51. The average molecular weight is 436 g/mol. The summed E-state index contributed by atoms with van der Waals surface area (Å²) in [6.45, 7) is 1.71. The first kappa shape index (κ1) is 21.1. The summed E-state index contributed by atoms with van der Waals surface area (Å²) in [6, 6.07) is 8.34. The van der Waals surface area contributed by atoms with E-state index < -0.39 is 10.0 Å². The molecule has 0 atom stereocenters. The molecule has 0 radical (unpaired) electrons. The fourth-order valence-corrected chi connectivity index (χ4v) is 4.40. The Morgan fingerprint density at radius 1 is 1.28 bits per heavy atom. The van der Waals surface area contributed by atoms with Gasteiger partial charge in [0.2, 0.25) is 15.9 Å². The molecule has 0 saturated heterocycles. The van der Waals surface area contributed by atoms with E-state index in [1.54, 1.807) is 49.1 Å². The smallest absolute Gasteiger partial charge is 0.242 e. The molecule has 11 heteroatoms. The Bertz CT molecular complexity index is 1120. The maximum Gasteiger partial charge on any atom is 0.242 e. The average Bonchev–Trinajstić information content (AvgIpc) is 3.31. The van der Waals surface area contributed by atoms with Gasteiger partial charge in [0.05, 0.1) is 16.9 Å². The van der Waals surface area contributed by atoms with E-state index in [4.69, 9.17) is 4.42 Å². The van der Waals surface area contributed by atoms with Crippen molar-refractivity contribution >= 4 is 33.4 Å². The highest BCUT2D eigenvalue weighted by atomic mass is 32.2. The molecule has 0 aliphatic carbocycles. The fraction of sp³-hybridized carbons (Fsp3) is 0.278. The highest BCUT2D eigenvalue weighted by Crippen LogP contribution is 2.24. The molecular formula is C18H21N5O4S2. The third kappa shape index (κ3) is 4.52. The van der Waals surface area contributed by atoms with Gasteiger partial charge in [-0.15, -0.1) is 10.2 Å². The number of sulfonamides is 1. The zero-order valence-corrected chi connectivity index (χ0v) is 18.0. The molecule has 1 amide bonds. The van der Waals surface area contributed by atoms with Crippen molar-refractivity contribution in [2.24, 2.45) is 7.05 Å². The summed E-state index contributed by atoms with van der Waals surface area (Å²) < 4.78 is 33.0. The van der Waals surface area contributed by atoms with Gasteiger partial charge in [-0.2, -0.15) is 0 Å². The largest absolute Gasteiger partial charge is 0.461 e. The van der Waals surface area contributed by atoms with Crippen molar-refractivity contribution in [3.8, 4) is 11.6 Å². The van der Waals surface area contributed by atoms with Crippen LogP contribution in [0.25, 0.3) is 11.6 Å². The van der Waals surface area contributed by atoms with Gasteiger partial charge < -0.3 is 14.3 Å². The first-order valence-electron chi connectivity index (χ1n) is 8.59.